The first kappa shape index (κ1) is 18.0. The molecule has 0 fully saturated rings. The molecule has 0 heterocycles. The van der Waals surface area contributed by atoms with Gasteiger partial charge in [-0.25, -0.2) is 22.3 Å². The highest BCUT2D eigenvalue weighted by Crippen LogP contribution is 2.43. The van der Waals surface area contributed by atoms with Crippen LogP contribution in [0.15, 0.2) is 0 Å². The molecule has 110 valence electrons. The molecule has 0 bridgehead atoms. The van der Waals surface area contributed by atoms with Crippen molar-refractivity contribution in [3.8, 4) is 0 Å². The second-order valence-corrected chi connectivity index (χ2v) is 5.52. The Hall–Kier alpha value is 0.01000. The standard InChI is InChI=1S/C5H11F3O8P2/c6-3-5(7,8)4(16-18(12,13)14)1-2-15-17(9,10)11/h4H,1-3H2,(H2,9,10,11)(H2,12,13,14). The van der Waals surface area contributed by atoms with Gasteiger partial charge in [-0.3, -0.25) is 9.05 Å². The Morgan fingerprint density at radius 1 is 1.11 bits per heavy atom. The fraction of sp³-hybridized carbons (Fsp3) is 1.00. The molecule has 0 saturated carbocycles. The topological polar surface area (TPSA) is 134 Å². The number of hydrogen-bond acceptors (Lipinski definition) is 4. The van der Waals surface area contributed by atoms with Crippen molar-refractivity contribution >= 4 is 15.6 Å². The molecule has 0 saturated heterocycles. The van der Waals surface area contributed by atoms with Crippen molar-refractivity contribution in [3.63, 3.8) is 0 Å². The van der Waals surface area contributed by atoms with Gasteiger partial charge in [-0.05, 0) is 0 Å². The normalized spacial score (nSPS) is 15.7. The molecule has 8 nitrogen and oxygen atoms in total. The van der Waals surface area contributed by atoms with Crippen LogP contribution >= 0.6 is 15.6 Å². The molecule has 0 aliphatic carbocycles. The third-order valence-electron chi connectivity index (χ3n) is 1.55. The first-order valence-electron chi connectivity index (χ1n) is 4.25. The molecular formula is C5H11F3O8P2. The van der Waals surface area contributed by atoms with E-state index in [-0.39, 0.29) is 0 Å². The number of alkyl halides is 3. The van der Waals surface area contributed by atoms with Gasteiger partial charge in [-0.2, -0.15) is 0 Å². The van der Waals surface area contributed by atoms with Gasteiger partial charge < -0.3 is 19.6 Å². The first-order valence-corrected chi connectivity index (χ1v) is 7.31. The summed E-state index contributed by atoms with van der Waals surface area (Å²) in [4.78, 5) is 33.2. The third kappa shape index (κ3) is 8.17. The molecule has 18 heavy (non-hydrogen) atoms. The lowest BCUT2D eigenvalue weighted by Gasteiger charge is -2.24. The van der Waals surface area contributed by atoms with E-state index in [2.05, 4.69) is 9.05 Å². The predicted octanol–water partition coefficient (Wildman–Crippen LogP) is 0.568. The van der Waals surface area contributed by atoms with Gasteiger partial charge in [-0.15, -0.1) is 0 Å². The molecule has 1 atom stereocenters. The van der Waals surface area contributed by atoms with Crippen LogP contribution in [0.4, 0.5) is 13.2 Å². The summed E-state index contributed by atoms with van der Waals surface area (Å²) >= 11 is 0. The van der Waals surface area contributed by atoms with E-state index in [1.54, 1.807) is 0 Å². The monoisotopic (exact) mass is 318 g/mol. The Morgan fingerprint density at radius 3 is 1.94 bits per heavy atom. The van der Waals surface area contributed by atoms with E-state index in [9.17, 15) is 22.3 Å². The van der Waals surface area contributed by atoms with E-state index in [0.29, 0.717) is 0 Å². The van der Waals surface area contributed by atoms with Crippen molar-refractivity contribution in [1.29, 1.82) is 0 Å². The van der Waals surface area contributed by atoms with E-state index in [1.807, 2.05) is 0 Å². The number of phosphoric acid groups is 2. The maximum absolute atomic E-state index is 12.9. The Labute approximate surface area is 99.2 Å². The van der Waals surface area contributed by atoms with Gasteiger partial charge >= 0.3 is 21.6 Å². The molecule has 0 aliphatic rings. The van der Waals surface area contributed by atoms with Crippen LogP contribution in [0.3, 0.4) is 0 Å². The van der Waals surface area contributed by atoms with Gasteiger partial charge in [-0.1, -0.05) is 0 Å². The Balaban J connectivity index is 4.60. The summed E-state index contributed by atoms with van der Waals surface area (Å²) in [6, 6.07) is 0. The van der Waals surface area contributed by atoms with Crippen LogP contribution in [0.5, 0.6) is 0 Å². The first-order chi connectivity index (χ1) is 7.87. The summed E-state index contributed by atoms with van der Waals surface area (Å²) in [5.41, 5.74) is 0. The zero-order valence-corrected chi connectivity index (χ0v) is 10.4. The van der Waals surface area contributed by atoms with Crippen LogP contribution in [0.25, 0.3) is 0 Å². The van der Waals surface area contributed by atoms with Crippen LogP contribution in [-0.2, 0) is 18.2 Å². The molecule has 0 aromatic heterocycles. The van der Waals surface area contributed by atoms with Crippen molar-refractivity contribution in [3.05, 3.63) is 0 Å². The largest absolute Gasteiger partial charge is 0.470 e. The molecule has 0 aromatic rings. The van der Waals surface area contributed by atoms with E-state index < -0.39 is 47.4 Å². The fourth-order valence-electron chi connectivity index (χ4n) is 0.871. The Kier molecular flexibility index (Phi) is 6.45. The molecular weight excluding hydrogens is 307 g/mol. The van der Waals surface area contributed by atoms with Crippen molar-refractivity contribution in [2.45, 2.75) is 18.4 Å². The van der Waals surface area contributed by atoms with E-state index in [1.165, 1.54) is 0 Å². The lowest BCUT2D eigenvalue weighted by molar-refractivity contribution is -0.121. The Bertz CT molecular complexity index is 351. The maximum Gasteiger partial charge on any atom is 0.470 e. The maximum atomic E-state index is 12.9. The van der Waals surface area contributed by atoms with Crippen molar-refractivity contribution < 1.29 is 50.9 Å². The van der Waals surface area contributed by atoms with Gasteiger partial charge in [0.15, 0.2) is 6.67 Å². The molecule has 0 rings (SSSR count). The van der Waals surface area contributed by atoms with Crippen molar-refractivity contribution in [2.75, 3.05) is 13.3 Å². The second-order valence-electron chi connectivity index (χ2n) is 3.09. The molecule has 0 spiro atoms. The zero-order chi connectivity index (χ0) is 14.6. The van der Waals surface area contributed by atoms with Gasteiger partial charge in [0.1, 0.15) is 6.10 Å². The van der Waals surface area contributed by atoms with Gasteiger partial charge in [0.05, 0.1) is 6.61 Å². The molecule has 0 aromatic carbocycles. The Morgan fingerprint density at radius 2 is 1.61 bits per heavy atom. The SMILES string of the molecule is O=P(O)(O)OCCC(OP(=O)(O)O)C(F)(F)CF. The highest BCUT2D eigenvalue weighted by Gasteiger charge is 2.44. The number of phosphoric ester groups is 2. The smallest absolute Gasteiger partial charge is 0.303 e. The summed E-state index contributed by atoms with van der Waals surface area (Å²) in [5.74, 6) is -4.22. The minimum atomic E-state index is -5.31. The average molecular weight is 318 g/mol. The molecule has 0 aliphatic heterocycles. The lowest BCUT2D eigenvalue weighted by Crippen LogP contribution is -2.38. The van der Waals surface area contributed by atoms with E-state index in [0.717, 1.165) is 0 Å². The van der Waals surface area contributed by atoms with Crippen LogP contribution in [0.2, 0.25) is 0 Å². The second kappa shape index (κ2) is 6.44. The number of halogens is 3. The van der Waals surface area contributed by atoms with Gasteiger partial charge in [0.25, 0.3) is 0 Å². The van der Waals surface area contributed by atoms with E-state index >= 15 is 0 Å². The summed E-state index contributed by atoms with van der Waals surface area (Å²) in [6.07, 6.45) is -3.59. The third-order valence-corrected chi connectivity index (χ3v) is 2.60. The molecule has 1 unspecified atom stereocenters. The van der Waals surface area contributed by atoms with Crippen LogP contribution in [0, 0.1) is 0 Å². The molecule has 4 N–H and O–H groups in total. The van der Waals surface area contributed by atoms with Crippen molar-refractivity contribution in [2.24, 2.45) is 0 Å². The highest BCUT2D eigenvalue weighted by molar-refractivity contribution is 7.46. The predicted molar refractivity (Wildman–Crippen MR) is 50.5 cm³/mol. The fourth-order valence-corrected chi connectivity index (χ4v) is 1.81. The van der Waals surface area contributed by atoms with Gasteiger partial charge in [0, 0.05) is 6.42 Å². The quantitative estimate of drug-likeness (QED) is 0.477. The molecule has 13 heteroatoms. The molecule has 0 radical (unpaired) electrons. The van der Waals surface area contributed by atoms with Crippen LogP contribution < -0.4 is 0 Å². The number of rotatable bonds is 8. The lowest BCUT2D eigenvalue weighted by atomic mass is 10.1. The highest BCUT2D eigenvalue weighted by atomic mass is 31.2. The zero-order valence-electron chi connectivity index (χ0n) is 8.65. The number of hydrogen-bond donors (Lipinski definition) is 4. The summed E-state index contributed by atoms with van der Waals surface area (Å²) in [7, 11) is -10.2. The van der Waals surface area contributed by atoms with Crippen LogP contribution in [0.1, 0.15) is 6.42 Å². The van der Waals surface area contributed by atoms with Crippen molar-refractivity contribution in [1.82, 2.24) is 0 Å². The molecule has 0 amide bonds. The van der Waals surface area contributed by atoms with Crippen LogP contribution in [-0.4, -0.2) is 44.9 Å². The van der Waals surface area contributed by atoms with E-state index in [4.69, 9.17) is 19.6 Å². The minimum absolute atomic E-state index is 0.996. The minimum Gasteiger partial charge on any atom is -0.303 e. The summed E-state index contributed by atoms with van der Waals surface area (Å²) in [5, 5.41) is 0. The summed E-state index contributed by atoms with van der Waals surface area (Å²) < 4.78 is 65.8. The van der Waals surface area contributed by atoms with Gasteiger partial charge in [0.2, 0.25) is 0 Å². The summed E-state index contributed by atoms with van der Waals surface area (Å²) in [6.45, 7) is -3.25. The average Bonchev–Trinajstić information content (AvgIpc) is 2.12.